The number of methoxy groups -OCH3 is 1. The van der Waals surface area contributed by atoms with Crippen molar-refractivity contribution in [2.24, 2.45) is 5.92 Å². The molecule has 0 bridgehead atoms. The molecule has 0 aromatic heterocycles. The lowest BCUT2D eigenvalue weighted by molar-refractivity contribution is 0.409. The van der Waals surface area contributed by atoms with Crippen molar-refractivity contribution in [2.75, 3.05) is 7.11 Å². The van der Waals surface area contributed by atoms with Gasteiger partial charge in [0.05, 0.1) is 12.5 Å². The normalized spacial score (nSPS) is 24.9. The van der Waals surface area contributed by atoms with Crippen LogP contribution >= 0.6 is 27.5 Å². The van der Waals surface area contributed by atoms with Crippen LogP contribution in [-0.2, 0) is 6.42 Å². The summed E-state index contributed by atoms with van der Waals surface area (Å²) in [6.07, 6.45) is 1.01. The van der Waals surface area contributed by atoms with E-state index in [9.17, 15) is 0 Å². The first kappa shape index (κ1) is 10.3. The van der Waals surface area contributed by atoms with E-state index >= 15 is 0 Å². The summed E-state index contributed by atoms with van der Waals surface area (Å²) in [4.78, 5) is 0. The first-order valence-electron chi connectivity index (χ1n) is 4.64. The van der Waals surface area contributed by atoms with Crippen LogP contribution in [0.25, 0.3) is 0 Å². The molecule has 0 amide bonds. The molecule has 0 aliphatic heterocycles. The smallest absolute Gasteiger partial charge is 0.122 e. The van der Waals surface area contributed by atoms with E-state index in [4.69, 9.17) is 16.3 Å². The molecule has 14 heavy (non-hydrogen) atoms. The van der Waals surface area contributed by atoms with E-state index in [1.165, 1.54) is 11.1 Å². The van der Waals surface area contributed by atoms with Crippen molar-refractivity contribution in [2.45, 2.75) is 18.7 Å². The topological polar surface area (TPSA) is 9.23 Å². The highest BCUT2D eigenvalue weighted by atomic mass is 79.9. The molecule has 0 saturated heterocycles. The van der Waals surface area contributed by atoms with Crippen LogP contribution in [0.3, 0.4) is 0 Å². The third-order valence-corrected chi connectivity index (χ3v) is 4.12. The van der Waals surface area contributed by atoms with E-state index in [0.717, 1.165) is 16.6 Å². The molecule has 1 aliphatic carbocycles. The molecule has 3 heteroatoms. The third kappa shape index (κ3) is 1.45. The lowest BCUT2D eigenvalue weighted by Gasteiger charge is -2.10. The molecule has 0 radical (unpaired) electrons. The Kier molecular flexibility index (Phi) is 2.76. The Bertz CT molecular complexity index is 365. The van der Waals surface area contributed by atoms with Gasteiger partial charge in [-0.25, -0.2) is 0 Å². The largest absolute Gasteiger partial charge is 0.496 e. The number of benzene rings is 1. The Morgan fingerprint density at radius 3 is 2.86 bits per heavy atom. The highest BCUT2D eigenvalue weighted by Crippen LogP contribution is 2.47. The lowest BCUT2D eigenvalue weighted by Crippen LogP contribution is -1.95. The molecular weight excluding hydrogens is 263 g/mol. The molecule has 0 spiro atoms. The van der Waals surface area contributed by atoms with Crippen LogP contribution in [0.2, 0.25) is 0 Å². The molecule has 0 N–H and O–H groups in total. The van der Waals surface area contributed by atoms with Crippen LogP contribution in [-0.4, -0.2) is 7.11 Å². The lowest BCUT2D eigenvalue weighted by atomic mass is 10.1. The van der Waals surface area contributed by atoms with Crippen LogP contribution < -0.4 is 4.74 Å². The van der Waals surface area contributed by atoms with Crippen LogP contribution in [0.1, 0.15) is 23.4 Å². The molecule has 0 heterocycles. The zero-order valence-corrected chi connectivity index (χ0v) is 10.5. The van der Waals surface area contributed by atoms with Crippen molar-refractivity contribution in [3.63, 3.8) is 0 Å². The minimum atomic E-state index is 0.106. The van der Waals surface area contributed by atoms with Gasteiger partial charge in [0.25, 0.3) is 0 Å². The highest BCUT2D eigenvalue weighted by molar-refractivity contribution is 9.10. The van der Waals surface area contributed by atoms with Gasteiger partial charge in [0.1, 0.15) is 5.75 Å². The zero-order chi connectivity index (χ0) is 10.3. The number of halogens is 2. The van der Waals surface area contributed by atoms with Gasteiger partial charge in [0.2, 0.25) is 0 Å². The van der Waals surface area contributed by atoms with E-state index in [1.54, 1.807) is 7.11 Å². The van der Waals surface area contributed by atoms with Crippen molar-refractivity contribution < 1.29 is 4.74 Å². The van der Waals surface area contributed by atoms with E-state index < -0.39 is 0 Å². The molecule has 0 saturated carbocycles. The van der Waals surface area contributed by atoms with E-state index in [-0.39, 0.29) is 5.38 Å². The second-order valence-electron chi connectivity index (χ2n) is 3.73. The average molecular weight is 276 g/mol. The summed E-state index contributed by atoms with van der Waals surface area (Å²) in [6, 6.07) is 4.00. The quantitative estimate of drug-likeness (QED) is 0.706. The summed E-state index contributed by atoms with van der Waals surface area (Å²) in [5.74, 6) is 1.44. The summed E-state index contributed by atoms with van der Waals surface area (Å²) >= 11 is 9.88. The Labute approximate surface area is 97.5 Å². The van der Waals surface area contributed by atoms with Crippen molar-refractivity contribution >= 4 is 27.5 Å². The van der Waals surface area contributed by atoms with Gasteiger partial charge in [-0.15, -0.1) is 11.6 Å². The van der Waals surface area contributed by atoms with Gasteiger partial charge < -0.3 is 4.74 Å². The van der Waals surface area contributed by atoms with E-state index in [1.807, 2.05) is 12.1 Å². The first-order valence-corrected chi connectivity index (χ1v) is 5.87. The number of alkyl halides is 1. The van der Waals surface area contributed by atoms with Crippen molar-refractivity contribution in [1.29, 1.82) is 0 Å². The second kappa shape index (κ2) is 3.74. The molecule has 1 aliphatic rings. The SMILES string of the molecule is COc1ccc(Br)c2c1CC(C)C2Cl. The fraction of sp³-hybridized carbons (Fsp3) is 0.455. The Hall–Kier alpha value is -0.210. The zero-order valence-electron chi connectivity index (χ0n) is 8.18. The van der Waals surface area contributed by atoms with Crippen LogP contribution in [0.5, 0.6) is 5.75 Å². The number of ether oxygens (including phenoxy) is 1. The van der Waals surface area contributed by atoms with Gasteiger partial charge in [-0.3, -0.25) is 0 Å². The first-order chi connectivity index (χ1) is 6.65. The average Bonchev–Trinajstić information content (AvgIpc) is 2.45. The Morgan fingerprint density at radius 2 is 2.21 bits per heavy atom. The van der Waals surface area contributed by atoms with Gasteiger partial charge in [0.15, 0.2) is 0 Å². The van der Waals surface area contributed by atoms with Crippen molar-refractivity contribution in [3.8, 4) is 5.75 Å². The standard InChI is InChI=1S/C11H12BrClO/c1-6-5-7-9(14-2)4-3-8(12)10(7)11(6)13/h3-4,6,11H,5H2,1-2H3. The van der Waals surface area contributed by atoms with Crippen LogP contribution in [0.4, 0.5) is 0 Å². The predicted molar refractivity (Wildman–Crippen MR) is 62.2 cm³/mol. The van der Waals surface area contributed by atoms with E-state index in [2.05, 4.69) is 22.9 Å². The van der Waals surface area contributed by atoms with Gasteiger partial charge in [-0.2, -0.15) is 0 Å². The fourth-order valence-corrected chi connectivity index (χ4v) is 3.11. The fourth-order valence-electron chi connectivity index (χ4n) is 2.03. The summed E-state index contributed by atoms with van der Waals surface area (Å²) < 4.78 is 6.42. The maximum absolute atomic E-state index is 6.34. The molecular formula is C11H12BrClO. The van der Waals surface area contributed by atoms with Gasteiger partial charge in [-0.05, 0) is 30.0 Å². The summed E-state index contributed by atoms with van der Waals surface area (Å²) in [5, 5.41) is 0.106. The number of hydrogen-bond acceptors (Lipinski definition) is 1. The molecule has 1 nitrogen and oxygen atoms in total. The van der Waals surface area contributed by atoms with Crippen molar-refractivity contribution in [1.82, 2.24) is 0 Å². The van der Waals surface area contributed by atoms with Crippen LogP contribution in [0, 0.1) is 5.92 Å². The maximum atomic E-state index is 6.34. The maximum Gasteiger partial charge on any atom is 0.122 e. The molecule has 76 valence electrons. The summed E-state index contributed by atoms with van der Waals surface area (Å²) in [6.45, 7) is 2.17. The van der Waals surface area contributed by atoms with Gasteiger partial charge >= 0.3 is 0 Å². The molecule has 1 aromatic rings. The number of hydrogen-bond donors (Lipinski definition) is 0. The predicted octanol–water partition coefficient (Wildman–Crippen LogP) is 3.93. The monoisotopic (exact) mass is 274 g/mol. The highest BCUT2D eigenvalue weighted by Gasteiger charge is 2.31. The molecule has 2 unspecified atom stereocenters. The minimum Gasteiger partial charge on any atom is -0.496 e. The van der Waals surface area contributed by atoms with Gasteiger partial charge in [-0.1, -0.05) is 22.9 Å². The molecule has 1 aromatic carbocycles. The minimum absolute atomic E-state index is 0.106. The Balaban J connectivity index is 2.58. The molecule has 0 fully saturated rings. The number of fused-ring (bicyclic) bond motifs is 1. The molecule has 2 atom stereocenters. The Morgan fingerprint density at radius 1 is 1.50 bits per heavy atom. The van der Waals surface area contributed by atoms with E-state index in [0.29, 0.717) is 5.92 Å². The third-order valence-electron chi connectivity index (χ3n) is 2.78. The summed E-state index contributed by atoms with van der Waals surface area (Å²) in [5.41, 5.74) is 2.47. The van der Waals surface area contributed by atoms with Crippen LogP contribution in [0.15, 0.2) is 16.6 Å². The molecule has 2 rings (SSSR count). The van der Waals surface area contributed by atoms with Gasteiger partial charge in [0, 0.05) is 10.0 Å². The number of rotatable bonds is 1. The second-order valence-corrected chi connectivity index (χ2v) is 5.05. The van der Waals surface area contributed by atoms with Crippen molar-refractivity contribution in [3.05, 3.63) is 27.7 Å². The summed E-state index contributed by atoms with van der Waals surface area (Å²) in [7, 11) is 1.70.